The molecule has 0 aliphatic heterocycles. The fourth-order valence-electron chi connectivity index (χ4n) is 0.961. The van der Waals surface area contributed by atoms with Gasteiger partial charge in [-0.3, -0.25) is 9.63 Å². The molecule has 0 N–H and O–H groups in total. The molecule has 0 unspecified atom stereocenters. The Kier molecular flexibility index (Phi) is 16.7. The number of nitrogens with zero attached hydrogens (tertiary/aromatic N) is 1. The lowest BCUT2D eigenvalue weighted by molar-refractivity contribution is -0.0756. The van der Waals surface area contributed by atoms with E-state index in [0.29, 0.717) is 5.56 Å². The van der Waals surface area contributed by atoms with Crippen molar-refractivity contribution in [2.24, 2.45) is 0 Å². The Hall–Kier alpha value is -1.35. The van der Waals surface area contributed by atoms with Gasteiger partial charge in [0, 0.05) is 12.6 Å². The monoisotopic (exact) mass is 255 g/mol. The van der Waals surface area contributed by atoms with Gasteiger partial charge in [0.05, 0.1) is 7.11 Å². The van der Waals surface area contributed by atoms with E-state index < -0.39 is 0 Å². The van der Waals surface area contributed by atoms with Crippen molar-refractivity contribution >= 4 is 5.91 Å². The van der Waals surface area contributed by atoms with Gasteiger partial charge in [-0.05, 0) is 19.1 Å². The van der Waals surface area contributed by atoms with Crippen LogP contribution in [-0.4, -0.2) is 25.1 Å². The molecule has 0 atom stereocenters. The van der Waals surface area contributed by atoms with Gasteiger partial charge in [-0.1, -0.05) is 52.8 Å². The molecule has 1 aromatic carbocycles. The van der Waals surface area contributed by atoms with Gasteiger partial charge in [0.2, 0.25) is 0 Å². The summed E-state index contributed by atoms with van der Waals surface area (Å²) in [5, 5.41) is 1.20. The lowest BCUT2D eigenvalue weighted by Crippen LogP contribution is -2.25. The maximum Gasteiger partial charge on any atom is 0.277 e. The summed E-state index contributed by atoms with van der Waals surface area (Å²) in [4.78, 5) is 16.3. The van der Waals surface area contributed by atoms with Crippen molar-refractivity contribution in [3.8, 4) is 0 Å². The average molecular weight is 255 g/mol. The minimum Gasteiger partial charge on any atom is -0.274 e. The van der Waals surface area contributed by atoms with E-state index >= 15 is 0 Å². The zero-order chi connectivity index (χ0) is 13.8. The second kappa shape index (κ2) is 13.7. The Labute approximate surface area is 113 Å². The van der Waals surface area contributed by atoms with Crippen LogP contribution in [0.15, 0.2) is 24.3 Å². The molecule has 0 spiro atoms. The summed E-state index contributed by atoms with van der Waals surface area (Å²) in [6.07, 6.45) is 0. The highest BCUT2D eigenvalue weighted by atomic mass is 16.7. The molecule has 0 saturated carbocycles. The second-order valence-corrected chi connectivity index (χ2v) is 2.85. The molecule has 1 amide bonds. The molecule has 0 aliphatic carbocycles. The highest BCUT2D eigenvalue weighted by Gasteiger charge is 2.09. The van der Waals surface area contributed by atoms with Crippen molar-refractivity contribution < 1.29 is 9.63 Å². The Bertz CT molecular complexity index is 294. The molecule has 18 heavy (non-hydrogen) atoms. The number of aryl methyl sites for hydroxylation is 1. The van der Waals surface area contributed by atoms with Crippen LogP contribution in [0.4, 0.5) is 0 Å². The van der Waals surface area contributed by atoms with Gasteiger partial charge in [0.25, 0.3) is 5.91 Å². The lowest BCUT2D eigenvalue weighted by Gasteiger charge is -2.13. The average Bonchev–Trinajstić information content (AvgIpc) is 2.42. The first-order chi connectivity index (χ1) is 8.15. The predicted molar refractivity (Wildman–Crippen MR) is 79.7 cm³/mol. The molecule has 0 saturated heterocycles. The van der Waals surface area contributed by atoms with Crippen LogP contribution in [-0.2, 0) is 4.84 Å². The van der Waals surface area contributed by atoms with Gasteiger partial charge in [-0.15, -0.1) is 0 Å². The van der Waals surface area contributed by atoms with Crippen LogP contribution in [0, 0.1) is 6.92 Å². The number of hydroxylamine groups is 2. The van der Waals surface area contributed by atoms with Crippen molar-refractivity contribution in [2.45, 2.75) is 42.0 Å². The van der Waals surface area contributed by atoms with Crippen molar-refractivity contribution in [1.82, 2.24) is 5.06 Å². The number of hydrogen-bond acceptors (Lipinski definition) is 2. The van der Waals surface area contributed by atoms with Gasteiger partial charge in [0.15, 0.2) is 0 Å². The van der Waals surface area contributed by atoms with E-state index in [9.17, 15) is 4.79 Å². The molecule has 3 heteroatoms. The van der Waals surface area contributed by atoms with Crippen molar-refractivity contribution in [3.05, 3.63) is 35.4 Å². The van der Waals surface area contributed by atoms with E-state index in [4.69, 9.17) is 4.84 Å². The molecule has 0 bridgehead atoms. The van der Waals surface area contributed by atoms with E-state index in [0.717, 1.165) is 5.56 Å². The predicted octanol–water partition coefficient (Wildman–Crippen LogP) is 4.32. The standard InChI is InChI=1S/C10H13NO2.2C2H6.CH4/c1-8-4-6-9(7-5-8)10(12)11(2)13-3;2*1-2;/h4-7H,1-3H3;2*1-2H3;1H4. The van der Waals surface area contributed by atoms with Gasteiger partial charge >= 0.3 is 0 Å². The third kappa shape index (κ3) is 7.85. The molecular weight excluding hydrogens is 226 g/mol. The normalized spacial score (nSPS) is 7.72. The number of carbonyl (C=O) groups is 1. The number of benzene rings is 1. The van der Waals surface area contributed by atoms with Crippen LogP contribution in [0.5, 0.6) is 0 Å². The van der Waals surface area contributed by atoms with E-state index in [-0.39, 0.29) is 13.3 Å². The summed E-state index contributed by atoms with van der Waals surface area (Å²) in [5.41, 5.74) is 1.77. The highest BCUT2D eigenvalue weighted by molar-refractivity contribution is 5.93. The molecule has 0 radical (unpaired) electrons. The van der Waals surface area contributed by atoms with Gasteiger partial charge in [-0.2, -0.15) is 0 Å². The Morgan fingerprint density at radius 2 is 1.44 bits per heavy atom. The van der Waals surface area contributed by atoms with Crippen LogP contribution < -0.4 is 0 Å². The SMILES string of the molecule is C.CC.CC.CON(C)C(=O)c1ccc(C)cc1. The fraction of sp³-hybridized carbons (Fsp3) is 0.533. The molecular formula is C15H29NO2. The zero-order valence-electron chi connectivity index (χ0n) is 12.1. The molecule has 0 heterocycles. The van der Waals surface area contributed by atoms with E-state index in [1.54, 1.807) is 19.2 Å². The van der Waals surface area contributed by atoms with Gasteiger partial charge < -0.3 is 0 Å². The zero-order valence-corrected chi connectivity index (χ0v) is 12.1. The Morgan fingerprint density at radius 3 is 1.78 bits per heavy atom. The minimum absolute atomic E-state index is 0. The topological polar surface area (TPSA) is 29.5 Å². The highest BCUT2D eigenvalue weighted by Crippen LogP contribution is 2.05. The first kappa shape index (κ1) is 21.9. The molecule has 106 valence electrons. The van der Waals surface area contributed by atoms with Crippen LogP contribution in [0.2, 0.25) is 0 Å². The lowest BCUT2D eigenvalue weighted by atomic mass is 10.1. The third-order valence-electron chi connectivity index (χ3n) is 1.86. The number of rotatable bonds is 2. The molecule has 0 aromatic heterocycles. The largest absolute Gasteiger partial charge is 0.277 e. The Morgan fingerprint density at radius 1 is 1.06 bits per heavy atom. The maximum atomic E-state index is 11.5. The van der Waals surface area contributed by atoms with Crippen LogP contribution in [0.1, 0.15) is 51.0 Å². The van der Waals surface area contributed by atoms with E-state index in [2.05, 4.69) is 0 Å². The van der Waals surface area contributed by atoms with Crippen LogP contribution >= 0.6 is 0 Å². The first-order valence-corrected chi connectivity index (χ1v) is 6.04. The van der Waals surface area contributed by atoms with Crippen molar-refractivity contribution in [2.75, 3.05) is 14.2 Å². The van der Waals surface area contributed by atoms with Crippen molar-refractivity contribution in [1.29, 1.82) is 0 Å². The quantitative estimate of drug-likeness (QED) is 0.737. The molecule has 0 aliphatic rings. The third-order valence-corrected chi connectivity index (χ3v) is 1.86. The molecule has 1 rings (SSSR count). The Balaban J connectivity index is -0.000000409. The smallest absolute Gasteiger partial charge is 0.274 e. The summed E-state index contributed by atoms with van der Waals surface area (Å²) >= 11 is 0. The fourth-order valence-corrected chi connectivity index (χ4v) is 0.961. The summed E-state index contributed by atoms with van der Waals surface area (Å²) in [5.74, 6) is -0.137. The summed E-state index contributed by atoms with van der Waals surface area (Å²) in [6.45, 7) is 9.98. The van der Waals surface area contributed by atoms with Crippen LogP contribution in [0.25, 0.3) is 0 Å². The van der Waals surface area contributed by atoms with Gasteiger partial charge in [-0.25, -0.2) is 5.06 Å². The molecule has 3 nitrogen and oxygen atoms in total. The second-order valence-electron chi connectivity index (χ2n) is 2.85. The van der Waals surface area contributed by atoms with Crippen LogP contribution in [0.3, 0.4) is 0 Å². The summed E-state index contributed by atoms with van der Waals surface area (Å²) < 4.78 is 0. The first-order valence-electron chi connectivity index (χ1n) is 6.04. The van der Waals surface area contributed by atoms with E-state index in [1.165, 1.54) is 12.2 Å². The summed E-state index contributed by atoms with van der Waals surface area (Å²) in [6, 6.07) is 7.37. The number of carbonyl (C=O) groups excluding carboxylic acids is 1. The molecule has 0 fully saturated rings. The summed E-state index contributed by atoms with van der Waals surface area (Å²) in [7, 11) is 3.05. The van der Waals surface area contributed by atoms with Gasteiger partial charge in [0.1, 0.15) is 0 Å². The maximum absolute atomic E-state index is 11.5. The minimum atomic E-state index is -0.137. The number of amides is 1. The number of hydrogen-bond donors (Lipinski definition) is 0. The molecule has 1 aromatic rings. The van der Waals surface area contributed by atoms with E-state index in [1.807, 2.05) is 46.8 Å². The van der Waals surface area contributed by atoms with Crippen molar-refractivity contribution in [3.63, 3.8) is 0 Å².